The molecule has 1 aromatic carbocycles. The van der Waals surface area contributed by atoms with Gasteiger partial charge in [0.05, 0.1) is 0 Å². The van der Waals surface area contributed by atoms with Crippen LogP contribution in [0.15, 0.2) is 18.2 Å². The highest BCUT2D eigenvalue weighted by Gasteiger charge is 2.42. The van der Waals surface area contributed by atoms with Crippen LogP contribution in [0.25, 0.3) is 0 Å². The summed E-state index contributed by atoms with van der Waals surface area (Å²) < 4.78 is 0. The van der Waals surface area contributed by atoms with Gasteiger partial charge in [0.25, 0.3) is 0 Å². The number of benzene rings is 1. The van der Waals surface area contributed by atoms with Crippen LogP contribution in [0.4, 0.5) is 0 Å². The van der Waals surface area contributed by atoms with Gasteiger partial charge >= 0.3 is 0 Å². The van der Waals surface area contributed by atoms with E-state index in [2.05, 4.69) is 6.92 Å². The fourth-order valence-electron chi connectivity index (χ4n) is 3.28. The Hall–Kier alpha value is -0.960. The number of hydrogen-bond acceptors (Lipinski definition) is 3. The van der Waals surface area contributed by atoms with E-state index < -0.39 is 0 Å². The number of rotatable bonds is 0. The maximum Gasteiger partial charge on any atom is 0.115 e. The third kappa shape index (κ3) is 1.76. The number of hydrogen-bond donors (Lipinski definition) is 2. The number of aromatic hydroxyl groups is 1. The summed E-state index contributed by atoms with van der Waals surface area (Å²) >= 11 is 1.94. The second-order valence-corrected chi connectivity index (χ2v) is 6.92. The van der Waals surface area contributed by atoms with Gasteiger partial charge in [-0.05, 0) is 48.3 Å². The summed E-state index contributed by atoms with van der Waals surface area (Å²) in [4.78, 5) is 0. The Bertz CT molecular complexity index is 499. The number of nitrogens with one attached hydrogen (secondary N) is 1. The lowest BCUT2D eigenvalue weighted by atomic mass is 9.67. The predicted molar refractivity (Wildman–Crippen MR) is 77.0 cm³/mol. The second kappa shape index (κ2) is 4.30. The van der Waals surface area contributed by atoms with Crippen molar-refractivity contribution < 1.29 is 5.11 Å². The highest BCUT2D eigenvalue weighted by molar-refractivity contribution is 8.00. The van der Waals surface area contributed by atoms with Gasteiger partial charge in [-0.25, -0.2) is 0 Å². The first kappa shape index (κ1) is 12.1. The Morgan fingerprint density at radius 1 is 1.39 bits per heavy atom. The zero-order valence-corrected chi connectivity index (χ0v) is 11.5. The van der Waals surface area contributed by atoms with Gasteiger partial charge in [-0.1, -0.05) is 19.4 Å². The van der Waals surface area contributed by atoms with E-state index in [0.717, 1.165) is 18.6 Å². The van der Waals surface area contributed by atoms with Crippen LogP contribution in [0.3, 0.4) is 0 Å². The van der Waals surface area contributed by atoms with Crippen molar-refractivity contribution >= 4 is 17.5 Å². The molecule has 1 aromatic rings. The molecule has 1 aliphatic heterocycles. The molecule has 0 spiro atoms. The summed E-state index contributed by atoms with van der Waals surface area (Å²) in [5.74, 6) is 1.51. The molecular weight excluding hydrogens is 242 g/mol. The first-order chi connectivity index (χ1) is 8.61. The van der Waals surface area contributed by atoms with Crippen molar-refractivity contribution in [3.63, 3.8) is 0 Å². The fourth-order valence-corrected chi connectivity index (χ4v) is 4.66. The maximum atomic E-state index is 9.74. The molecule has 2 unspecified atom stereocenters. The molecule has 1 aliphatic carbocycles. The van der Waals surface area contributed by atoms with Crippen LogP contribution in [-0.2, 0) is 11.8 Å². The largest absolute Gasteiger partial charge is 0.508 e. The smallest absolute Gasteiger partial charge is 0.115 e. The Kier molecular flexibility index (Phi) is 2.89. The van der Waals surface area contributed by atoms with Gasteiger partial charge in [0.1, 0.15) is 5.75 Å². The molecular formula is C15H19NOS. The lowest BCUT2D eigenvalue weighted by Crippen LogP contribution is -2.45. The summed E-state index contributed by atoms with van der Waals surface area (Å²) in [6.07, 6.45) is 4.42. The Morgan fingerprint density at radius 3 is 3.06 bits per heavy atom. The molecule has 0 radical (unpaired) electrons. The van der Waals surface area contributed by atoms with E-state index in [1.807, 2.05) is 23.9 Å². The second-order valence-electron chi connectivity index (χ2n) is 5.61. The van der Waals surface area contributed by atoms with Crippen molar-refractivity contribution in [2.45, 2.75) is 43.3 Å². The molecule has 3 heteroatoms. The van der Waals surface area contributed by atoms with Crippen LogP contribution in [0.5, 0.6) is 5.75 Å². The molecule has 2 nitrogen and oxygen atoms in total. The van der Waals surface area contributed by atoms with Crippen LogP contribution in [-0.4, -0.2) is 21.8 Å². The van der Waals surface area contributed by atoms with Crippen molar-refractivity contribution in [3.8, 4) is 5.75 Å². The molecule has 2 aliphatic rings. The number of phenolic OH excluding ortho intramolecular Hbond substituents is 1. The Balaban J connectivity index is 2.15. The van der Waals surface area contributed by atoms with Crippen LogP contribution in [0, 0.1) is 5.41 Å². The number of thioether (sulfide) groups is 1. The molecule has 2 atom stereocenters. The van der Waals surface area contributed by atoms with E-state index in [1.165, 1.54) is 29.7 Å². The van der Waals surface area contributed by atoms with E-state index in [1.54, 1.807) is 6.07 Å². The van der Waals surface area contributed by atoms with Gasteiger partial charge in [-0.15, -0.1) is 0 Å². The van der Waals surface area contributed by atoms with Crippen LogP contribution < -0.4 is 0 Å². The van der Waals surface area contributed by atoms with E-state index in [0.29, 0.717) is 11.0 Å². The standard InChI is InChI=1S/C15H19NOS/c1-15-6-2-3-7-18-13(14(15)16)8-10-4-5-11(17)9-12(10)15/h4-5,9,13,16-17H,2-3,6-8H2,1H3. The molecule has 1 heterocycles. The summed E-state index contributed by atoms with van der Waals surface area (Å²) in [5.41, 5.74) is 3.21. The Labute approximate surface area is 112 Å². The first-order valence-corrected chi connectivity index (χ1v) is 7.69. The van der Waals surface area contributed by atoms with Crippen LogP contribution in [0.2, 0.25) is 0 Å². The van der Waals surface area contributed by atoms with E-state index >= 15 is 0 Å². The monoisotopic (exact) mass is 261 g/mol. The maximum absolute atomic E-state index is 9.74. The van der Waals surface area contributed by atoms with Crippen LogP contribution in [0.1, 0.15) is 37.3 Å². The lowest BCUT2D eigenvalue weighted by Gasteiger charge is -2.42. The molecule has 0 saturated carbocycles. The topological polar surface area (TPSA) is 44.1 Å². The highest BCUT2D eigenvalue weighted by Crippen LogP contribution is 2.44. The minimum absolute atomic E-state index is 0.162. The lowest BCUT2D eigenvalue weighted by molar-refractivity contribution is 0.466. The molecule has 18 heavy (non-hydrogen) atoms. The molecule has 2 bridgehead atoms. The molecule has 0 amide bonds. The van der Waals surface area contributed by atoms with E-state index in [9.17, 15) is 5.11 Å². The molecule has 3 rings (SSSR count). The average molecular weight is 261 g/mol. The fraction of sp³-hybridized carbons (Fsp3) is 0.533. The molecule has 0 aromatic heterocycles. The minimum Gasteiger partial charge on any atom is -0.508 e. The van der Waals surface area contributed by atoms with Crippen molar-refractivity contribution in [1.29, 1.82) is 5.41 Å². The van der Waals surface area contributed by atoms with Crippen molar-refractivity contribution in [1.82, 2.24) is 0 Å². The van der Waals surface area contributed by atoms with Gasteiger partial charge < -0.3 is 10.5 Å². The van der Waals surface area contributed by atoms with E-state index in [-0.39, 0.29) is 5.41 Å². The van der Waals surface area contributed by atoms with Crippen molar-refractivity contribution in [2.24, 2.45) is 0 Å². The van der Waals surface area contributed by atoms with Gasteiger partial charge in [0.15, 0.2) is 0 Å². The average Bonchev–Trinajstić information content (AvgIpc) is 2.35. The zero-order chi connectivity index (χ0) is 12.8. The summed E-state index contributed by atoms with van der Waals surface area (Å²) in [5, 5.41) is 18.6. The normalized spacial score (nSPS) is 31.4. The van der Waals surface area contributed by atoms with Crippen molar-refractivity contribution in [2.75, 3.05) is 5.75 Å². The molecule has 2 N–H and O–H groups in total. The van der Waals surface area contributed by atoms with E-state index in [4.69, 9.17) is 5.41 Å². The molecule has 1 saturated heterocycles. The minimum atomic E-state index is -0.162. The third-order valence-corrected chi connectivity index (χ3v) is 5.73. The quantitative estimate of drug-likeness (QED) is 0.750. The highest BCUT2D eigenvalue weighted by atomic mass is 32.2. The molecule has 1 fully saturated rings. The zero-order valence-electron chi connectivity index (χ0n) is 10.7. The summed E-state index contributed by atoms with van der Waals surface area (Å²) in [6.45, 7) is 2.19. The number of fused-ring (bicyclic) bond motifs is 4. The van der Waals surface area contributed by atoms with Gasteiger partial charge in [0.2, 0.25) is 0 Å². The summed E-state index contributed by atoms with van der Waals surface area (Å²) in [6, 6.07) is 5.71. The third-order valence-electron chi connectivity index (χ3n) is 4.40. The van der Waals surface area contributed by atoms with Gasteiger partial charge in [-0.3, -0.25) is 0 Å². The van der Waals surface area contributed by atoms with Gasteiger partial charge in [-0.2, -0.15) is 11.8 Å². The van der Waals surface area contributed by atoms with Gasteiger partial charge in [0, 0.05) is 16.4 Å². The molecule has 96 valence electrons. The Morgan fingerprint density at radius 2 is 2.22 bits per heavy atom. The summed E-state index contributed by atoms with van der Waals surface area (Å²) in [7, 11) is 0. The van der Waals surface area contributed by atoms with Crippen LogP contribution >= 0.6 is 11.8 Å². The SMILES string of the molecule is CC12CCCCSC(Cc3ccc(O)cc31)C2=N. The number of phenols is 1. The predicted octanol–water partition coefficient (Wildman–Crippen LogP) is 3.51. The van der Waals surface area contributed by atoms with Crippen molar-refractivity contribution in [3.05, 3.63) is 29.3 Å². The first-order valence-electron chi connectivity index (χ1n) is 6.64.